The Hall–Kier alpha value is -3.47. The number of nitrogens with one attached hydrogen (secondary N) is 2. The normalized spacial score (nSPS) is 14.2. The summed E-state index contributed by atoms with van der Waals surface area (Å²) in [5, 5.41) is 19.4. The molecule has 8 nitrogen and oxygen atoms in total. The van der Waals surface area contributed by atoms with Gasteiger partial charge in [-0.2, -0.15) is 13.2 Å². The smallest absolute Gasteiger partial charge is 0.417 e. The van der Waals surface area contributed by atoms with E-state index >= 15 is 0 Å². The van der Waals surface area contributed by atoms with Crippen LogP contribution in [0.25, 0.3) is 11.1 Å². The van der Waals surface area contributed by atoms with Crippen LogP contribution in [-0.2, 0) is 12.6 Å². The van der Waals surface area contributed by atoms with Crippen molar-refractivity contribution < 1.29 is 27.8 Å². The standard InChI is InChI=1S/C26H30F3N5O3/c27-26(28,29)21-9-8-19(37-13-5-1-4-12-35)16-20(21)18-10-11-30-22(15-18)32-25(36)24-31-23(33-34-24)14-17-6-2-3-7-17/h8-11,15-17,35H,1-7,12-14H2,(H,30,32,36)(H,31,33,34). The molecule has 198 valence electrons. The predicted octanol–water partition coefficient (Wildman–Crippen LogP) is 5.41. The number of H-pyrrole nitrogens is 1. The fourth-order valence-electron chi connectivity index (χ4n) is 4.50. The highest BCUT2D eigenvalue weighted by Crippen LogP contribution is 2.39. The van der Waals surface area contributed by atoms with Crippen molar-refractivity contribution in [1.29, 1.82) is 0 Å². The zero-order chi connectivity index (χ0) is 26.3. The number of aromatic nitrogens is 4. The molecule has 2 aromatic heterocycles. The summed E-state index contributed by atoms with van der Waals surface area (Å²) < 4.78 is 46.9. The van der Waals surface area contributed by atoms with Crippen LogP contribution in [0.1, 0.15) is 67.0 Å². The Balaban J connectivity index is 1.49. The Morgan fingerprint density at radius 2 is 1.92 bits per heavy atom. The molecule has 3 aromatic rings. The van der Waals surface area contributed by atoms with Crippen molar-refractivity contribution in [1.82, 2.24) is 20.2 Å². The first-order chi connectivity index (χ1) is 17.8. The van der Waals surface area contributed by atoms with Crippen LogP contribution in [0.5, 0.6) is 5.75 Å². The van der Waals surface area contributed by atoms with Crippen LogP contribution in [0, 0.1) is 5.92 Å². The minimum Gasteiger partial charge on any atom is -0.494 e. The van der Waals surface area contributed by atoms with Crippen molar-refractivity contribution >= 4 is 11.7 Å². The highest BCUT2D eigenvalue weighted by molar-refractivity contribution is 6.01. The van der Waals surface area contributed by atoms with Gasteiger partial charge in [0.05, 0.1) is 12.2 Å². The van der Waals surface area contributed by atoms with Crippen molar-refractivity contribution in [3.8, 4) is 16.9 Å². The van der Waals surface area contributed by atoms with Gasteiger partial charge in [0.25, 0.3) is 5.91 Å². The Morgan fingerprint density at radius 3 is 2.68 bits per heavy atom. The minimum absolute atomic E-state index is 0.0211. The predicted molar refractivity (Wildman–Crippen MR) is 131 cm³/mol. The number of rotatable bonds is 11. The number of ether oxygens (including phenoxy) is 1. The maximum absolute atomic E-state index is 13.8. The number of anilines is 1. The number of hydrogen-bond acceptors (Lipinski definition) is 6. The van der Waals surface area contributed by atoms with Crippen LogP contribution < -0.4 is 10.1 Å². The Bertz CT molecular complexity index is 1190. The molecule has 0 bridgehead atoms. The number of halogens is 3. The van der Waals surface area contributed by atoms with Gasteiger partial charge in [0.1, 0.15) is 17.4 Å². The number of carbonyl (C=O) groups is 1. The summed E-state index contributed by atoms with van der Waals surface area (Å²) in [6, 6.07) is 6.43. The molecule has 0 saturated heterocycles. The molecule has 1 amide bonds. The molecule has 1 aliphatic rings. The summed E-state index contributed by atoms with van der Waals surface area (Å²) in [5.41, 5.74) is -0.685. The van der Waals surface area contributed by atoms with Gasteiger partial charge in [-0.3, -0.25) is 4.79 Å². The van der Waals surface area contributed by atoms with Crippen LogP contribution in [-0.4, -0.2) is 44.4 Å². The van der Waals surface area contributed by atoms with Crippen LogP contribution in [0.4, 0.5) is 19.0 Å². The van der Waals surface area contributed by atoms with Crippen molar-refractivity contribution in [3.63, 3.8) is 0 Å². The molecule has 3 N–H and O–H groups in total. The van der Waals surface area contributed by atoms with Crippen molar-refractivity contribution in [3.05, 3.63) is 53.7 Å². The van der Waals surface area contributed by atoms with E-state index in [9.17, 15) is 18.0 Å². The number of nitrogens with zero attached hydrogens (tertiary/aromatic N) is 3. The number of alkyl halides is 3. The second-order valence-electron chi connectivity index (χ2n) is 9.20. The Labute approximate surface area is 212 Å². The first-order valence-electron chi connectivity index (χ1n) is 12.5. The van der Waals surface area contributed by atoms with Crippen molar-refractivity contribution in [2.75, 3.05) is 18.5 Å². The van der Waals surface area contributed by atoms with Crippen LogP contribution in [0.3, 0.4) is 0 Å². The lowest BCUT2D eigenvalue weighted by Gasteiger charge is -2.16. The van der Waals surface area contributed by atoms with Crippen LogP contribution in [0.2, 0.25) is 0 Å². The summed E-state index contributed by atoms with van der Waals surface area (Å²) in [7, 11) is 0. The lowest BCUT2D eigenvalue weighted by atomic mass is 9.99. The SMILES string of the molecule is O=C(Nc1cc(-c2cc(OCCCCCO)ccc2C(F)(F)F)ccn1)c1nnc(CC2CCCC2)[nH]1. The Kier molecular flexibility index (Phi) is 8.75. The summed E-state index contributed by atoms with van der Waals surface area (Å²) in [5.74, 6) is 0.997. The topological polar surface area (TPSA) is 113 Å². The molecule has 2 heterocycles. The van der Waals surface area contributed by atoms with E-state index in [4.69, 9.17) is 9.84 Å². The number of hydrogen-bond donors (Lipinski definition) is 3. The highest BCUT2D eigenvalue weighted by atomic mass is 19.4. The zero-order valence-corrected chi connectivity index (χ0v) is 20.4. The van der Waals surface area contributed by atoms with E-state index in [2.05, 4.69) is 25.5 Å². The fraction of sp³-hybridized carbons (Fsp3) is 0.462. The van der Waals surface area contributed by atoms with Crippen molar-refractivity contribution in [2.24, 2.45) is 5.92 Å². The quantitative estimate of drug-likeness (QED) is 0.293. The average molecular weight is 518 g/mol. The van der Waals surface area contributed by atoms with Gasteiger partial charge >= 0.3 is 6.18 Å². The minimum atomic E-state index is -4.59. The number of benzene rings is 1. The summed E-state index contributed by atoms with van der Waals surface area (Å²) in [4.78, 5) is 19.7. The van der Waals surface area contributed by atoms with E-state index in [0.29, 0.717) is 36.9 Å². The van der Waals surface area contributed by atoms with E-state index in [1.165, 1.54) is 43.3 Å². The lowest BCUT2D eigenvalue weighted by Crippen LogP contribution is -2.15. The van der Waals surface area contributed by atoms with Gasteiger partial charge in [-0.15, -0.1) is 10.2 Å². The molecule has 0 spiro atoms. The zero-order valence-electron chi connectivity index (χ0n) is 20.4. The van der Waals surface area contributed by atoms with E-state index < -0.39 is 17.6 Å². The third kappa shape index (κ3) is 7.28. The molecule has 1 aromatic carbocycles. The second-order valence-corrected chi connectivity index (χ2v) is 9.20. The molecular weight excluding hydrogens is 487 g/mol. The molecule has 11 heteroatoms. The van der Waals surface area contributed by atoms with Gasteiger partial charge in [0, 0.05) is 19.2 Å². The second kappa shape index (κ2) is 12.2. The molecule has 0 unspecified atom stereocenters. The van der Waals surface area contributed by atoms with E-state index in [1.807, 2.05) is 0 Å². The highest BCUT2D eigenvalue weighted by Gasteiger charge is 2.34. The summed E-state index contributed by atoms with van der Waals surface area (Å²) in [6.07, 6.45) is 4.21. The maximum Gasteiger partial charge on any atom is 0.417 e. The summed E-state index contributed by atoms with van der Waals surface area (Å²) in [6.45, 7) is 0.409. The molecule has 0 aliphatic heterocycles. The molecule has 0 atom stereocenters. The molecule has 1 fully saturated rings. The van der Waals surface area contributed by atoms with Crippen LogP contribution in [0.15, 0.2) is 36.5 Å². The molecule has 1 saturated carbocycles. The third-order valence-electron chi connectivity index (χ3n) is 6.39. The molecular formula is C26H30F3N5O3. The molecule has 0 radical (unpaired) electrons. The van der Waals surface area contributed by atoms with Gasteiger partial charge in [0.2, 0.25) is 5.82 Å². The Morgan fingerprint density at radius 1 is 1.11 bits per heavy atom. The molecule has 37 heavy (non-hydrogen) atoms. The van der Waals surface area contributed by atoms with Crippen molar-refractivity contribution in [2.45, 2.75) is 57.5 Å². The monoisotopic (exact) mass is 517 g/mol. The first kappa shape index (κ1) is 26.6. The number of aliphatic hydroxyl groups is 1. The van der Waals surface area contributed by atoms with E-state index in [-0.39, 0.29) is 29.4 Å². The van der Waals surface area contributed by atoms with Crippen LogP contribution >= 0.6 is 0 Å². The van der Waals surface area contributed by atoms with Gasteiger partial charge in [-0.05, 0) is 66.6 Å². The number of unbranched alkanes of at least 4 members (excludes halogenated alkanes) is 2. The third-order valence-corrected chi connectivity index (χ3v) is 6.39. The summed E-state index contributed by atoms with van der Waals surface area (Å²) >= 11 is 0. The molecule has 4 rings (SSSR count). The van der Waals surface area contributed by atoms with Gasteiger partial charge in [-0.1, -0.05) is 25.7 Å². The fourth-order valence-corrected chi connectivity index (χ4v) is 4.50. The van der Waals surface area contributed by atoms with Gasteiger partial charge in [0.15, 0.2) is 0 Å². The van der Waals surface area contributed by atoms with Gasteiger partial charge in [-0.25, -0.2) is 4.98 Å². The van der Waals surface area contributed by atoms with E-state index in [1.54, 1.807) is 0 Å². The number of aromatic amines is 1. The first-order valence-corrected chi connectivity index (χ1v) is 12.5. The largest absolute Gasteiger partial charge is 0.494 e. The number of pyridine rings is 1. The molecule has 1 aliphatic carbocycles. The number of aliphatic hydroxyl groups excluding tert-OH is 1. The number of amides is 1. The maximum atomic E-state index is 13.8. The average Bonchev–Trinajstić information content (AvgIpc) is 3.56. The van der Waals surface area contributed by atoms with E-state index in [0.717, 1.165) is 31.7 Å². The van der Waals surface area contributed by atoms with Gasteiger partial charge < -0.3 is 20.1 Å². The lowest BCUT2D eigenvalue weighted by molar-refractivity contribution is -0.137. The number of carbonyl (C=O) groups excluding carboxylic acids is 1.